The fourth-order valence-corrected chi connectivity index (χ4v) is 3.92. The lowest BCUT2D eigenvalue weighted by molar-refractivity contribution is -0.133. The zero-order valence-corrected chi connectivity index (χ0v) is 17.0. The molecule has 0 saturated carbocycles. The Balaban J connectivity index is 1.42. The third kappa shape index (κ3) is 3.95. The van der Waals surface area contributed by atoms with E-state index in [1.807, 2.05) is 12.1 Å². The SMILES string of the molecule is CC1(c2ccc(F)c(F)c2)NC(=O)N(CC(=O)Nc2ccc(N3CCCC3)cc2)C1=O. The Morgan fingerprint density at radius 2 is 1.74 bits per heavy atom. The lowest BCUT2D eigenvalue weighted by Crippen LogP contribution is -2.42. The second-order valence-electron chi connectivity index (χ2n) is 7.86. The first kappa shape index (κ1) is 20.8. The molecule has 162 valence electrons. The summed E-state index contributed by atoms with van der Waals surface area (Å²) >= 11 is 0. The van der Waals surface area contributed by atoms with E-state index in [1.54, 1.807) is 12.1 Å². The Kier molecular flexibility index (Phi) is 5.34. The van der Waals surface area contributed by atoms with Gasteiger partial charge in [0.25, 0.3) is 5.91 Å². The minimum Gasteiger partial charge on any atom is -0.372 e. The first-order valence-electron chi connectivity index (χ1n) is 10.0. The highest BCUT2D eigenvalue weighted by atomic mass is 19.2. The summed E-state index contributed by atoms with van der Waals surface area (Å²) < 4.78 is 26.9. The zero-order chi connectivity index (χ0) is 22.2. The van der Waals surface area contributed by atoms with Crippen LogP contribution in [-0.4, -0.2) is 42.4 Å². The average Bonchev–Trinajstić information content (AvgIpc) is 3.35. The van der Waals surface area contributed by atoms with Gasteiger partial charge >= 0.3 is 6.03 Å². The third-order valence-corrected chi connectivity index (χ3v) is 5.70. The molecule has 2 aliphatic rings. The highest BCUT2D eigenvalue weighted by Crippen LogP contribution is 2.30. The van der Waals surface area contributed by atoms with Crippen LogP contribution >= 0.6 is 0 Å². The van der Waals surface area contributed by atoms with Crippen LogP contribution in [0.3, 0.4) is 0 Å². The van der Waals surface area contributed by atoms with Gasteiger partial charge in [0.05, 0.1) is 0 Å². The number of rotatable bonds is 5. The molecule has 2 fully saturated rings. The van der Waals surface area contributed by atoms with Crippen LogP contribution in [0.15, 0.2) is 42.5 Å². The Hall–Kier alpha value is -3.49. The minimum atomic E-state index is -1.59. The summed E-state index contributed by atoms with van der Waals surface area (Å²) in [5.41, 5.74) is 0.115. The van der Waals surface area contributed by atoms with Crippen molar-refractivity contribution in [3.63, 3.8) is 0 Å². The fraction of sp³-hybridized carbons (Fsp3) is 0.318. The van der Waals surface area contributed by atoms with E-state index in [0.717, 1.165) is 48.7 Å². The number of hydrogen-bond donors (Lipinski definition) is 2. The highest BCUT2D eigenvalue weighted by Gasteiger charge is 2.49. The number of imide groups is 1. The van der Waals surface area contributed by atoms with Crippen LogP contribution in [0.2, 0.25) is 0 Å². The van der Waals surface area contributed by atoms with Crippen molar-refractivity contribution in [2.24, 2.45) is 0 Å². The summed E-state index contributed by atoms with van der Waals surface area (Å²) in [5.74, 6) is -3.46. The summed E-state index contributed by atoms with van der Waals surface area (Å²) in [6.07, 6.45) is 2.32. The number of urea groups is 1. The van der Waals surface area contributed by atoms with Crippen LogP contribution < -0.4 is 15.5 Å². The van der Waals surface area contributed by atoms with Crippen LogP contribution in [0.1, 0.15) is 25.3 Å². The minimum absolute atomic E-state index is 0.0881. The van der Waals surface area contributed by atoms with Crippen molar-refractivity contribution >= 4 is 29.2 Å². The smallest absolute Gasteiger partial charge is 0.325 e. The maximum Gasteiger partial charge on any atom is 0.325 e. The molecule has 31 heavy (non-hydrogen) atoms. The van der Waals surface area contributed by atoms with E-state index in [1.165, 1.54) is 13.0 Å². The maximum atomic E-state index is 13.6. The van der Waals surface area contributed by atoms with Gasteiger partial charge in [-0.1, -0.05) is 6.07 Å². The van der Waals surface area contributed by atoms with Crippen molar-refractivity contribution in [2.75, 3.05) is 29.9 Å². The van der Waals surface area contributed by atoms with E-state index in [4.69, 9.17) is 0 Å². The van der Waals surface area contributed by atoms with Crippen molar-refractivity contribution in [1.29, 1.82) is 0 Å². The Labute approximate surface area is 178 Å². The molecule has 2 aliphatic heterocycles. The number of nitrogens with zero attached hydrogens (tertiary/aromatic N) is 2. The molecule has 1 unspecified atom stereocenters. The van der Waals surface area contributed by atoms with Crippen molar-refractivity contribution < 1.29 is 23.2 Å². The quantitative estimate of drug-likeness (QED) is 0.718. The van der Waals surface area contributed by atoms with Gasteiger partial charge in [0.1, 0.15) is 12.1 Å². The summed E-state index contributed by atoms with van der Waals surface area (Å²) in [6.45, 7) is 2.90. The second kappa shape index (κ2) is 7.98. The number of halogens is 2. The predicted octanol–water partition coefficient (Wildman–Crippen LogP) is 2.97. The van der Waals surface area contributed by atoms with Gasteiger partial charge in [0, 0.05) is 24.5 Å². The maximum absolute atomic E-state index is 13.6. The van der Waals surface area contributed by atoms with E-state index in [2.05, 4.69) is 15.5 Å². The van der Waals surface area contributed by atoms with Gasteiger partial charge < -0.3 is 15.5 Å². The molecule has 2 N–H and O–H groups in total. The number of benzene rings is 2. The molecule has 4 amide bonds. The summed E-state index contributed by atoms with van der Waals surface area (Å²) in [4.78, 5) is 40.7. The Morgan fingerprint density at radius 1 is 1.06 bits per heavy atom. The zero-order valence-electron chi connectivity index (χ0n) is 17.0. The van der Waals surface area contributed by atoms with E-state index in [0.29, 0.717) is 5.69 Å². The van der Waals surface area contributed by atoms with Gasteiger partial charge in [-0.3, -0.25) is 14.5 Å². The van der Waals surface area contributed by atoms with Gasteiger partial charge in [0.15, 0.2) is 11.6 Å². The first-order valence-corrected chi connectivity index (χ1v) is 10.0. The highest BCUT2D eigenvalue weighted by molar-refractivity contribution is 6.10. The Morgan fingerprint density at radius 3 is 2.39 bits per heavy atom. The van der Waals surface area contributed by atoms with E-state index >= 15 is 0 Å². The number of hydrogen-bond acceptors (Lipinski definition) is 4. The number of amides is 4. The van der Waals surface area contributed by atoms with Crippen LogP contribution in [0, 0.1) is 11.6 Å². The largest absolute Gasteiger partial charge is 0.372 e. The van der Waals surface area contributed by atoms with Gasteiger partial charge in [-0.2, -0.15) is 0 Å². The van der Waals surface area contributed by atoms with E-state index in [-0.39, 0.29) is 5.56 Å². The lowest BCUT2D eigenvalue weighted by Gasteiger charge is -2.22. The molecule has 0 aromatic heterocycles. The van der Waals surface area contributed by atoms with Crippen LogP contribution in [0.25, 0.3) is 0 Å². The summed E-state index contributed by atoms with van der Waals surface area (Å²) in [5, 5.41) is 5.13. The predicted molar refractivity (Wildman–Crippen MR) is 110 cm³/mol. The number of carbonyl (C=O) groups excluding carboxylic acids is 3. The lowest BCUT2D eigenvalue weighted by atomic mass is 9.92. The van der Waals surface area contributed by atoms with E-state index in [9.17, 15) is 23.2 Å². The van der Waals surface area contributed by atoms with E-state index < -0.39 is 41.6 Å². The molecule has 0 bridgehead atoms. The molecule has 7 nitrogen and oxygen atoms in total. The molecular weight excluding hydrogens is 406 g/mol. The molecule has 2 heterocycles. The molecule has 9 heteroatoms. The average molecular weight is 428 g/mol. The molecular formula is C22H22F2N4O3. The normalized spacial score (nSPS) is 20.9. The van der Waals surface area contributed by atoms with Crippen LogP contribution in [-0.2, 0) is 15.1 Å². The van der Waals surface area contributed by atoms with Gasteiger partial charge in [-0.25, -0.2) is 13.6 Å². The molecule has 2 saturated heterocycles. The van der Waals surface area contributed by atoms with Crippen molar-refractivity contribution in [3.8, 4) is 0 Å². The number of anilines is 2. The Bertz CT molecular complexity index is 1040. The van der Waals surface area contributed by atoms with Crippen LogP contribution in [0.5, 0.6) is 0 Å². The molecule has 0 radical (unpaired) electrons. The van der Waals surface area contributed by atoms with Gasteiger partial charge in [0.2, 0.25) is 5.91 Å². The first-order chi connectivity index (χ1) is 14.8. The van der Waals surface area contributed by atoms with Crippen LogP contribution in [0.4, 0.5) is 25.0 Å². The van der Waals surface area contributed by atoms with Gasteiger partial charge in [-0.05, 0) is 61.7 Å². The summed E-state index contributed by atoms with van der Waals surface area (Å²) in [6, 6.07) is 9.55. The second-order valence-corrected chi connectivity index (χ2v) is 7.86. The van der Waals surface area contributed by atoms with Gasteiger partial charge in [-0.15, -0.1) is 0 Å². The third-order valence-electron chi connectivity index (χ3n) is 5.70. The molecule has 1 atom stereocenters. The standard InChI is InChI=1S/C22H22F2N4O3/c1-22(14-4-9-17(23)18(24)12-14)20(30)28(21(31)26-22)13-19(29)25-15-5-7-16(8-6-15)27-10-2-3-11-27/h4-9,12H,2-3,10-11,13H2,1H3,(H,25,29)(H,26,31). The molecule has 2 aromatic carbocycles. The summed E-state index contributed by atoms with van der Waals surface area (Å²) in [7, 11) is 0. The molecule has 0 spiro atoms. The van der Waals surface area contributed by atoms with Crippen molar-refractivity contribution in [1.82, 2.24) is 10.2 Å². The topological polar surface area (TPSA) is 81.8 Å². The molecule has 0 aliphatic carbocycles. The molecule has 2 aromatic rings. The monoisotopic (exact) mass is 428 g/mol. The molecule has 4 rings (SSSR count). The van der Waals surface area contributed by atoms with Crippen molar-refractivity contribution in [3.05, 3.63) is 59.7 Å². The van der Waals surface area contributed by atoms with Crippen molar-refractivity contribution in [2.45, 2.75) is 25.3 Å². The number of nitrogens with one attached hydrogen (secondary N) is 2. The fourth-order valence-electron chi connectivity index (χ4n) is 3.92. The number of carbonyl (C=O) groups is 3.